The quantitative estimate of drug-likeness (QED) is 0.738. The molecule has 0 bridgehead atoms. The zero-order valence-corrected chi connectivity index (χ0v) is 18.2. The first-order chi connectivity index (χ1) is 11.8. The van der Waals surface area contributed by atoms with Crippen LogP contribution in [0.25, 0.3) is 0 Å². The van der Waals surface area contributed by atoms with E-state index in [0.717, 1.165) is 5.69 Å². The highest BCUT2D eigenvalue weighted by Gasteiger charge is 2.43. The van der Waals surface area contributed by atoms with Crippen molar-refractivity contribution in [2.24, 2.45) is 0 Å². The molecule has 2 rings (SSSR count). The summed E-state index contributed by atoms with van der Waals surface area (Å²) in [7, 11) is -4.00. The molecule has 0 unspecified atom stereocenters. The molecular weight excluding hydrogens is 415 g/mol. The van der Waals surface area contributed by atoms with Gasteiger partial charge in [-0.2, -0.15) is 0 Å². The van der Waals surface area contributed by atoms with Crippen LogP contribution < -0.4 is 5.32 Å². The fourth-order valence-electron chi connectivity index (χ4n) is 1.98. The molecule has 1 N–H and O–H groups in total. The minimum Gasteiger partial charge on any atom is -0.301 e. The van der Waals surface area contributed by atoms with Crippen molar-refractivity contribution in [3.8, 4) is 0 Å². The lowest BCUT2D eigenvalue weighted by molar-refractivity contribution is -0.117. The van der Waals surface area contributed by atoms with Gasteiger partial charge in [0.15, 0.2) is 15.0 Å². The first kappa shape index (κ1) is 21.2. The highest BCUT2D eigenvalue weighted by molar-refractivity contribution is 7.93. The number of hydrogen-bond acceptors (Lipinski definition) is 5. The number of aromatic nitrogens is 1. The average molecular weight is 435 g/mol. The molecular formula is C17H20Cl2N2O3S2. The monoisotopic (exact) mass is 434 g/mol. The van der Waals surface area contributed by atoms with Gasteiger partial charge in [0, 0.05) is 10.8 Å². The van der Waals surface area contributed by atoms with Gasteiger partial charge in [-0.1, -0.05) is 44.0 Å². The van der Waals surface area contributed by atoms with E-state index in [9.17, 15) is 13.2 Å². The second-order valence-corrected chi connectivity index (χ2v) is 11.5. The first-order valence-electron chi connectivity index (χ1n) is 7.74. The molecule has 1 aromatic heterocycles. The van der Waals surface area contributed by atoms with E-state index in [4.69, 9.17) is 23.2 Å². The maximum atomic E-state index is 12.9. The highest BCUT2D eigenvalue weighted by atomic mass is 35.5. The fraction of sp³-hybridized carbons (Fsp3) is 0.412. The molecule has 0 aliphatic rings. The number of hydrogen-bond donors (Lipinski definition) is 1. The molecule has 0 spiro atoms. The number of nitrogens with zero attached hydrogens (tertiary/aromatic N) is 1. The summed E-state index contributed by atoms with van der Waals surface area (Å²) < 4.78 is 24.1. The first-order valence-corrected chi connectivity index (χ1v) is 10.9. The van der Waals surface area contributed by atoms with Gasteiger partial charge in [0.2, 0.25) is 5.91 Å². The van der Waals surface area contributed by atoms with Crippen LogP contribution >= 0.6 is 34.5 Å². The number of carbonyl (C=O) groups excluding carboxylic acids is 1. The molecule has 1 heterocycles. The van der Waals surface area contributed by atoms with Gasteiger partial charge in [-0.3, -0.25) is 4.79 Å². The van der Waals surface area contributed by atoms with Crippen LogP contribution in [0.2, 0.25) is 10.0 Å². The average Bonchev–Trinajstić information content (AvgIpc) is 2.98. The van der Waals surface area contributed by atoms with Crippen LogP contribution in [0.3, 0.4) is 0 Å². The smallest absolute Gasteiger partial charge is 0.247 e. The normalized spacial score (nSPS) is 12.9. The maximum absolute atomic E-state index is 12.9. The Morgan fingerprint density at radius 1 is 1.12 bits per heavy atom. The summed E-state index contributed by atoms with van der Waals surface area (Å²) in [5, 5.41) is 5.16. The van der Waals surface area contributed by atoms with E-state index < -0.39 is 20.5 Å². The van der Waals surface area contributed by atoms with Crippen molar-refractivity contribution >= 4 is 55.4 Å². The van der Waals surface area contributed by atoms with Gasteiger partial charge < -0.3 is 5.32 Å². The van der Waals surface area contributed by atoms with Crippen molar-refractivity contribution in [2.45, 2.75) is 49.7 Å². The Hall–Kier alpha value is -1.15. The molecule has 2 aromatic rings. The van der Waals surface area contributed by atoms with Crippen LogP contribution in [0.1, 0.15) is 40.3 Å². The second-order valence-electron chi connectivity index (χ2n) is 7.33. The Morgan fingerprint density at radius 2 is 1.73 bits per heavy atom. The lowest BCUT2D eigenvalue weighted by Gasteiger charge is -2.23. The third kappa shape index (κ3) is 4.06. The van der Waals surface area contributed by atoms with E-state index >= 15 is 0 Å². The summed E-state index contributed by atoms with van der Waals surface area (Å²) in [6.45, 7) is 8.71. The molecule has 0 saturated carbocycles. The van der Waals surface area contributed by atoms with Crippen LogP contribution in [0.5, 0.6) is 0 Å². The summed E-state index contributed by atoms with van der Waals surface area (Å²) in [5.74, 6) is -0.668. The highest BCUT2D eigenvalue weighted by Crippen LogP contribution is 2.32. The van der Waals surface area contributed by atoms with Gasteiger partial charge in [0.05, 0.1) is 20.6 Å². The molecule has 9 heteroatoms. The van der Waals surface area contributed by atoms with E-state index in [0.29, 0.717) is 5.13 Å². The largest absolute Gasteiger partial charge is 0.301 e. The van der Waals surface area contributed by atoms with Crippen LogP contribution in [0, 0.1) is 0 Å². The SMILES string of the molecule is CC(C)(C)c1csc(NC(=O)C(C)(C)S(=O)(=O)c2ccc(Cl)c(Cl)c2)n1. The maximum Gasteiger partial charge on any atom is 0.247 e. The van der Waals surface area contributed by atoms with Crippen LogP contribution in [-0.4, -0.2) is 24.1 Å². The van der Waals surface area contributed by atoms with Crippen molar-refractivity contribution in [1.82, 2.24) is 4.98 Å². The fourth-order valence-corrected chi connectivity index (χ4v) is 4.68. The van der Waals surface area contributed by atoms with Crippen molar-refractivity contribution in [1.29, 1.82) is 0 Å². The zero-order chi connectivity index (χ0) is 19.9. The Morgan fingerprint density at radius 3 is 2.23 bits per heavy atom. The number of amides is 1. The third-order valence-electron chi connectivity index (χ3n) is 3.91. The number of sulfone groups is 1. The predicted octanol–water partition coefficient (Wildman–Crippen LogP) is 4.94. The minimum atomic E-state index is -4.00. The van der Waals surface area contributed by atoms with Gasteiger partial charge in [-0.05, 0) is 32.0 Å². The summed E-state index contributed by atoms with van der Waals surface area (Å²) >= 11 is 13.0. The summed E-state index contributed by atoms with van der Waals surface area (Å²) in [4.78, 5) is 17.0. The van der Waals surface area contributed by atoms with E-state index in [1.165, 1.54) is 43.4 Å². The number of carbonyl (C=O) groups is 1. The minimum absolute atomic E-state index is 0.0680. The van der Waals surface area contributed by atoms with Crippen molar-refractivity contribution < 1.29 is 13.2 Å². The standard InChI is InChI=1S/C17H20Cl2N2O3S2/c1-16(2,3)13-9-25-15(20-13)21-14(22)17(4,5)26(23,24)10-6-7-11(18)12(19)8-10/h6-9H,1-5H3,(H,20,21,22). The Labute approximate surface area is 167 Å². The van der Waals surface area contributed by atoms with E-state index in [1.807, 2.05) is 26.2 Å². The van der Waals surface area contributed by atoms with Gasteiger partial charge in [0.25, 0.3) is 0 Å². The van der Waals surface area contributed by atoms with Crippen molar-refractivity contribution in [3.05, 3.63) is 39.3 Å². The number of benzene rings is 1. The third-order valence-corrected chi connectivity index (χ3v) is 7.81. The predicted molar refractivity (Wildman–Crippen MR) is 107 cm³/mol. The van der Waals surface area contributed by atoms with Crippen LogP contribution in [0.15, 0.2) is 28.5 Å². The summed E-state index contributed by atoms with van der Waals surface area (Å²) in [6.07, 6.45) is 0. The molecule has 1 aromatic carbocycles. The van der Waals surface area contributed by atoms with E-state index in [2.05, 4.69) is 10.3 Å². The molecule has 1 amide bonds. The van der Waals surface area contributed by atoms with Crippen molar-refractivity contribution in [3.63, 3.8) is 0 Å². The van der Waals surface area contributed by atoms with E-state index in [1.54, 1.807) is 0 Å². The lowest BCUT2D eigenvalue weighted by Crippen LogP contribution is -2.44. The number of halogens is 2. The van der Waals surface area contributed by atoms with Gasteiger partial charge in [-0.15, -0.1) is 11.3 Å². The molecule has 0 aliphatic carbocycles. The van der Waals surface area contributed by atoms with Crippen LogP contribution in [0.4, 0.5) is 5.13 Å². The summed E-state index contributed by atoms with van der Waals surface area (Å²) in [6, 6.07) is 3.97. The molecule has 0 aliphatic heterocycles. The lowest BCUT2D eigenvalue weighted by atomic mass is 9.93. The molecule has 0 atom stereocenters. The Kier molecular flexibility index (Phi) is 5.78. The summed E-state index contributed by atoms with van der Waals surface area (Å²) in [5.41, 5.74) is 0.657. The molecule has 5 nitrogen and oxygen atoms in total. The van der Waals surface area contributed by atoms with Crippen molar-refractivity contribution in [2.75, 3.05) is 5.32 Å². The number of nitrogens with one attached hydrogen (secondary N) is 1. The molecule has 0 radical (unpaired) electrons. The Balaban J connectivity index is 2.31. The van der Waals surface area contributed by atoms with Gasteiger partial charge in [-0.25, -0.2) is 13.4 Å². The van der Waals surface area contributed by atoms with Gasteiger partial charge >= 0.3 is 0 Å². The molecule has 0 saturated heterocycles. The number of rotatable bonds is 4. The van der Waals surface area contributed by atoms with Gasteiger partial charge in [0.1, 0.15) is 4.75 Å². The molecule has 26 heavy (non-hydrogen) atoms. The second kappa shape index (κ2) is 7.11. The zero-order valence-electron chi connectivity index (χ0n) is 15.1. The molecule has 0 fully saturated rings. The van der Waals surface area contributed by atoms with Crippen LogP contribution in [-0.2, 0) is 20.0 Å². The number of thiazole rings is 1. The number of anilines is 1. The Bertz CT molecular complexity index is 945. The van der Waals surface area contributed by atoms with E-state index in [-0.39, 0.29) is 20.4 Å². The topological polar surface area (TPSA) is 76.1 Å². The molecule has 142 valence electrons.